The fourth-order valence-electron chi connectivity index (χ4n) is 3.76. The quantitative estimate of drug-likeness (QED) is 0.622. The van der Waals surface area contributed by atoms with Crippen molar-refractivity contribution in [3.05, 3.63) is 64.7 Å². The van der Waals surface area contributed by atoms with E-state index in [0.717, 1.165) is 17.8 Å². The number of fused-ring (bicyclic) bond motifs is 1. The predicted octanol–water partition coefficient (Wildman–Crippen LogP) is 6.08. The summed E-state index contributed by atoms with van der Waals surface area (Å²) < 4.78 is 0. The Morgan fingerprint density at radius 3 is 2.52 bits per heavy atom. The average molecular weight is 332 g/mol. The molecular formula is C23H28N2. The predicted molar refractivity (Wildman–Crippen MR) is 110 cm³/mol. The molecule has 2 aromatic rings. The van der Waals surface area contributed by atoms with Gasteiger partial charge in [-0.25, -0.2) is 0 Å². The highest BCUT2D eigenvalue weighted by atomic mass is 15.2. The molecule has 2 nitrogen and oxygen atoms in total. The van der Waals surface area contributed by atoms with Crippen molar-refractivity contribution in [2.75, 3.05) is 11.4 Å². The molecule has 0 amide bonds. The molecule has 0 saturated carbocycles. The highest BCUT2D eigenvalue weighted by Crippen LogP contribution is 2.38. The molecule has 0 bridgehead atoms. The van der Waals surface area contributed by atoms with E-state index in [1.165, 1.54) is 28.0 Å². The lowest BCUT2D eigenvalue weighted by molar-refractivity contribution is 0.566. The second kappa shape index (κ2) is 6.51. The molecule has 2 aromatic carbocycles. The Balaban J connectivity index is 1.98. The Bertz CT molecular complexity index is 856. The van der Waals surface area contributed by atoms with Crippen LogP contribution < -0.4 is 4.90 Å². The minimum atomic E-state index is 0.0557. The van der Waals surface area contributed by atoms with Crippen LogP contribution in [0.4, 0.5) is 11.4 Å². The van der Waals surface area contributed by atoms with Gasteiger partial charge >= 0.3 is 0 Å². The van der Waals surface area contributed by atoms with Crippen molar-refractivity contribution in [3.8, 4) is 0 Å². The molecule has 1 aliphatic rings. The van der Waals surface area contributed by atoms with Gasteiger partial charge in [0.1, 0.15) is 0 Å². The number of likely N-dealkylation sites (N-methyl/N-ethyl adjacent to an activating group) is 1. The van der Waals surface area contributed by atoms with E-state index in [1.54, 1.807) is 0 Å². The fourth-order valence-corrected chi connectivity index (χ4v) is 3.76. The van der Waals surface area contributed by atoms with Gasteiger partial charge in [-0.05, 0) is 82.0 Å². The van der Waals surface area contributed by atoms with Gasteiger partial charge < -0.3 is 4.90 Å². The van der Waals surface area contributed by atoms with Gasteiger partial charge in [-0.3, -0.25) is 4.99 Å². The van der Waals surface area contributed by atoms with E-state index in [-0.39, 0.29) is 5.54 Å². The van der Waals surface area contributed by atoms with Crippen molar-refractivity contribution in [1.29, 1.82) is 0 Å². The van der Waals surface area contributed by atoms with Gasteiger partial charge in [0.25, 0.3) is 0 Å². The molecule has 0 saturated heterocycles. The summed E-state index contributed by atoms with van der Waals surface area (Å²) in [5.41, 5.74) is 8.65. The van der Waals surface area contributed by atoms with Gasteiger partial charge in [0.15, 0.2) is 0 Å². The first kappa shape index (κ1) is 17.5. The number of benzene rings is 2. The molecular weight excluding hydrogens is 304 g/mol. The van der Waals surface area contributed by atoms with E-state index in [1.807, 2.05) is 6.21 Å². The molecule has 0 fully saturated rings. The Labute approximate surface area is 151 Å². The van der Waals surface area contributed by atoms with Gasteiger partial charge in [-0.1, -0.05) is 24.3 Å². The zero-order valence-corrected chi connectivity index (χ0v) is 16.2. The lowest BCUT2D eigenvalue weighted by atomic mass is 9.88. The van der Waals surface area contributed by atoms with E-state index in [9.17, 15) is 0 Å². The van der Waals surface area contributed by atoms with Crippen molar-refractivity contribution in [2.45, 2.75) is 47.1 Å². The number of aliphatic imine (C=N–C) groups is 1. The van der Waals surface area contributed by atoms with Crippen molar-refractivity contribution >= 4 is 23.2 Å². The zero-order chi connectivity index (χ0) is 18.2. The lowest BCUT2D eigenvalue weighted by Gasteiger charge is -2.42. The molecule has 3 rings (SSSR count). The number of allylic oxidation sites excluding steroid dienone is 1. The van der Waals surface area contributed by atoms with Crippen molar-refractivity contribution in [1.82, 2.24) is 0 Å². The van der Waals surface area contributed by atoms with Gasteiger partial charge in [0.2, 0.25) is 0 Å². The summed E-state index contributed by atoms with van der Waals surface area (Å²) >= 11 is 0. The molecule has 1 heterocycles. The van der Waals surface area contributed by atoms with Crippen LogP contribution in [0.25, 0.3) is 5.57 Å². The molecule has 0 radical (unpaired) electrons. The second-order valence-corrected chi connectivity index (χ2v) is 7.55. The van der Waals surface area contributed by atoms with Gasteiger partial charge in [0.05, 0.1) is 11.2 Å². The molecule has 0 spiro atoms. The van der Waals surface area contributed by atoms with Crippen molar-refractivity contribution < 1.29 is 0 Å². The summed E-state index contributed by atoms with van der Waals surface area (Å²) in [5.74, 6) is 0. The van der Waals surface area contributed by atoms with Crippen molar-refractivity contribution in [2.24, 2.45) is 4.99 Å². The maximum Gasteiger partial charge on any atom is 0.0661 e. The summed E-state index contributed by atoms with van der Waals surface area (Å²) in [6.45, 7) is 14.2. The van der Waals surface area contributed by atoms with Crippen molar-refractivity contribution in [3.63, 3.8) is 0 Å². The first-order valence-corrected chi connectivity index (χ1v) is 9.04. The molecule has 130 valence electrons. The SMILES string of the molecule is CCN1c2ccc(C=Nc3cc(C)ccc3C)cc2C(C)=CC1(C)C. The Hall–Kier alpha value is -2.35. The third kappa shape index (κ3) is 3.39. The standard InChI is InChI=1S/C23H28N2/c1-7-25-22-11-10-19(13-20(22)18(4)14-23(25,5)6)15-24-21-12-16(2)8-9-17(21)3/h8-15H,7H2,1-6H3. The molecule has 0 aromatic heterocycles. The van der Waals surface area contributed by atoms with Crippen LogP contribution in [0.5, 0.6) is 0 Å². The smallest absolute Gasteiger partial charge is 0.0661 e. The largest absolute Gasteiger partial charge is 0.363 e. The van der Waals surface area contributed by atoms with Crippen LogP contribution in [0.15, 0.2) is 47.5 Å². The second-order valence-electron chi connectivity index (χ2n) is 7.55. The maximum absolute atomic E-state index is 4.72. The van der Waals surface area contributed by atoms with Crippen LogP contribution in [0.1, 0.15) is 49.9 Å². The Morgan fingerprint density at radius 2 is 1.80 bits per heavy atom. The highest BCUT2D eigenvalue weighted by molar-refractivity contribution is 5.89. The maximum atomic E-state index is 4.72. The molecule has 25 heavy (non-hydrogen) atoms. The van der Waals surface area contributed by atoms with E-state index >= 15 is 0 Å². The number of rotatable bonds is 3. The highest BCUT2D eigenvalue weighted by Gasteiger charge is 2.29. The topological polar surface area (TPSA) is 15.6 Å². The first-order valence-electron chi connectivity index (χ1n) is 9.04. The molecule has 0 aliphatic carbocycles. The Morgan fingerprint density at radius 1 is 1.04 bits per heavy atom. The van der Waals surface area contributed by atoms with Gasteiger partial charge in [-0.2, -0.15) is 0 Å². The number of hydrogen-bond donors (Lipinski definition) is 0. The fraction of sp³-hybridized carbons (Fsp3) is 0.348. The average Bonchev–Trinajstić information content (AvgIpc) is 2.55. The summed E-state index contributed by atoms with van der Waals surface area (Å²) in [6.07, 6.45) is 4.34. The normalized spacial score (nSPS) is 16.1. The first-order chi connectivity index (χ1) is 11.8. The summed E-state index contributed by atoms with van der Waals surface area (Å²) in [4.78, 5) is 7.18. The summed E-state index contributed by atoms with van der Waals surface area (Å²) in [5, 5.41) is 0. The van der Waals surface area contributed by atoms with E-state index in [4.69, 9.17) is 4.99 Å². The number of nitrogens with zero attached hydrogens (tertiary/aromatic N) is 2. The summed E-state index contributed by atoms with van der Waals surface area (Å²) in [7, 11) is 0. The lowest BCUT2D eigenvalue weighted by Crippen LogP contribution is -2.44. The third-order valence-corrected chi connectivity index (χ3v) is 5.04. The third-order valence-electron chi connectivity index (χ3n) is 5.04. The molecule has 1 aliphatic heterocycles. The minimum absolute atomic E-state index is 0.0557. The van der Waals surface area contributed by atoms with E-state index in [0.29, 0.717) is 0 Å². The summed E-state index contributed by atoms with van der Waals surface area (Å²) in [6, 6.07) is 13.1. The van der Waals surface area contributed by atoms with Crippen LogP contribution in [-0.4, -0.2) is 18.3 Å². The van der Waals surface area contributed by atoms with Crippen LogP contribution in [0.3, 0.4) is 0 Å². The van der Waals surface area contributed by atoms with Crippen LogP contribution >= 0.6 is 0 Å². The molecule has 0 atom stereocenters. The minimum Gasteiger partial charge on any atom is -0.363 e. The van der Waals surface area contributed by atoms with E-state index in [2.05, 4.69) is 88.9 Å². The molecule has 0 N–H and O–H groups in total. The monoisotopic (exact) mass is 332 g/mol. The number of aryl methyl sites for hydroxylation is 2. The zero-order valence-electron chi connectivity index (χ0n) is 16.2. The molecule has 0 unspecified atom stereocenters. The molecule has 2 heteroatoms. The van der Waals surface area contributed by atoms with Crippen LogP contribution in [-0.2, 0) is 0 Å². The van der Waals surface area contributed by atoms with Gasteiger partial charge in [-0.15, -0.1) is 0 Å². The number of anilines is 1. The number of hydrogen-bond acceptors (Lipinski definition) is 2. The van der Waals surface area contributed by atoms with Crippen LogP contribution in [0.2, 0.25) is 0 Å². The van der Waals surface area contributed by atoms with Crippen LogP contribution in [0, 0.1) is 13.8 Å². The van der Waals surface area contributed by atoms with Gasteiger partial charge in [0, 0.05) is 24.0 Å². The van der Waals surface area contributed by atoms with E-state index < -0.39 is 0 Å². The Kier molecular flexibility index (Phi) is 4.55.